The first-order chi connectivity index (χ1) is 6.38. The number of thiophene rings is 1. The summed E-state index contributed by atoms with van der Waals surface area (Å²) < 4.78 is 0. The Balaban J connectivity index is 2.29. The molecule has 0 aliphatic carbocycles. The third-order valence-electron chi connectivity index (χ3n) is 2.06. The van der Waals surface area contributed by atoms with Crippen LogP contribution in [0.5, 0.6) is 0 Å². The van der Waals surface area contributed by atoms with Gasteiger partial charge < -0.3 is 5.73 Å². The van der Waals surface area contributed by atoms with Crippen LogP contribution in [-0.4, -0.2) is 0 Å². The van der Waals surface area contributed by atoms with Crippen molar-refractivity contribution in [2.45, 2.75) is 6.04 Å². The molecule has 2 rings (SSSR count). The van der Waals surface area contributed by atoms with E-state index in [0.717, 1.165) is 0 Å². The van der Waals surface area contributed by atoms with Crippen LogP contribution in [0.15, 0.2) is 47.2 Å². The molecule has 66 valence electrons. The van der Waals surface area contributed by atoms with E-state index in [9.17, 15) is 0 Å². The van der Waals surface area contributed by atoms with Gasteiger partial charge in [0.2, 0.25) is 0 Å². The zero-order valence-electron chi connectivity index (χ0n) is 7.18. The average molecular weight is 189 g/mol. The van der Waals surface area contributed by atoms with E-state index in [2.05, 4.69) is 29.0 Å². The first kappa shape index (κ1) is 8.48. The smallest absolute Gasteiger partial charge is 0.0559 e. The van der Waals surface area contributed by atoms with Crippen LogP contribution in [0, 0.1) is 0 Å². The highest BCUT2D eigenvalue weighted by Gasteiger charge is 2.07. The van der Waals surface area contributed by atoms with Gasteiger partial charge >= 0.3 is 0 Å². The maximum atomic E-state index is 6.07. The van der Waals surface area contributed by atoms with Crippen molar-refractivity contribution < 1.29 is 0 Å². The predicted octanol–water partition coefficient (Wildman–Crippen LogP) is 2.80. The summed E-state index contributed by atoms with van der Waals surface area (Å²) in [6.45, 7) is 0. The molecule has 0 aliphatic heterocycles. The first-order valence-corrected chi connectivity index (χ1v) is 5.15. The van der Waals surface area contributed by atoms with Gasteiger partial charge in [0, 0.05) is 0 Å². The summed E-state index contributed by atoms with van der Waals surface area (Å²) in [6.07, 6.45) is 0. The molecule has 0 aliphatic rings. The van der Waals surface area contributed by atoms with Crippen LogP contribution in [0.3, 0.4) is 0 Å². The molecule has 0 spiro atoms. The molecule has 13 heavy (non-hydrogen) atoms. The fraction of sp³-hybridized carbons (Fsp3) is 0.0909. The van der Waals surface area contributed by atoms with E-state index in [0.29, 0.717) is 0 Å². The fourth-order valence-electron chi connectivity index (χ4n) is 1.30. The zero-order chi connectivity index (χ0) is 9.10. The van der Waals surface area contributed by atoms with Gasteiger partial charge in [0.1, 0.15) is 0 Å². The molecule has 0 bridgehead atoms. The van der Waals surface area contributed by atoms with Crippen molar-refractivity contribution >= 4 is 11.3 Å². The minimum Gasteiger partial charge on any atom is -0.320 e. The molecular weight excluding hydrogens is 178 g/mol. The van der Waals surface area contributed by atoms with Crippen molar-refractivity contribution in [1.29, 1.82) is 0 Å². The van der Waals surface area contributed by atoms with E-state index in [1.165, 1.54) is 11.1 Å². The second kappa shape index (κ2) is 3.73. The molecule has 2 aromatic rings. The largest absolute Gasteiger partial charge is 0.320 e. The third kappa shape index (κ3) is 1.79. The van der Waals surface area contributed by atoms with Gasteiger partial charge in [-0.2, -0.15) is 11.3 Å². The minimum absolute atomic E-state index is 0.0208. The van der Waals surface area contributed by atoms with Crippen molar-refractivity contribution in [2.24, 2.45) is 5.73 Å². The Labute approximate surface area is 81.8 Å². The summed E-state index contributed by atoms with van der Waals surface area (Å²) in [5.74, 6) is 0. The van der Waals surface area contributed by atoms with Crippen molar-refractivity contribution in [3.8, 4) is 0 Å². The summed E-state index contributed by atoms with van der Waals surface area (Å²) in [7, 11) is 0. The number of hydrogen-bond donors (Lipinski definition) is 1. The molecule has 1 atom stereocenters. The zero-order valence-corrected chi connectivity index (χ0v) is 8.00. The van der Waals surface area contributed by atoms with Gasteiger partial charge in [0.25, 0.3) is 0 Å². The Morgan fingerprint density at radius 2 is 1.77 bits per heavy atom. The van der Waals surface area contributed by atoms with Crippen LogP contribution in [0.4, 0.5) is 0 Å². The van der Waals surface area contributed by atoms with Gasteiger partial charge in [0.05, 0.1) is 6.04 Å². The van der Waals surface area contributed by atoms with Crippen LogP contribution in [0.1, 0.15) is 17.2 Å². The summed E-state index contributed by atoms with van der Waals surface area (Å²) in [5, 5.41) is 4.15. The summed E-state index contributed by atoms with van der Waals surface area (Å²) in [5.41, 5.74) is 8.43. The quantitative estimate of drug-likeness (QED) is 0.772. The van der Waals surface area contributed by atoms with E-state index in [4.69, 9.17) is 5.73 Å². The second-order valence-corrected chi connectivity index (χ2v) is 3.73. The van der Waals surface area contributed by atoms with E-state index >= 15 is 0 Å². The lowest BCUT2D eigenvalue weighted by molar-refractivity contribution is 0.877. The maximum absolute atomic E-state index is 6.07. The van der Waals surface area contributed by atoms with E-state index in [1.807, 2.05) is 18.2 Å². The molecule has 0 amide bonds. The van der Waals surface area contributed by atoms with Gasteiger partial charge in [-0.05, 0) is 28.0 Å². The van der Waals surface area contributed by atoms with Crippen molar-refractivity contribution in [3.63, 3.8) is 0 Å². The van der Waals surface area contributed by atoms with Gasteiger partial charge in [-0.3, -0.25) is 0 Å². The SMILES string of the molecule is NC(c1ccccc1)c1ccsc1. The molecule has 0 saturated heterocycles. The summed E-state index contributed by atoms with van der Waals surface area (Å²) in [4.78, 5) is 0. The van der Waals surface area contributed by atoms with Gasteiger partial charge in [-0.15, -0.1) is 0 Å². The monoisotopic (exact) mass is 189 g/mol. The third-order valence-corrected chi connectivity index (χ3v) is 2.76. The Morgan fingerprint density at radius 1 is 1.00 bits per heavy atom. The van der Waals surface area contributed by atoms with Crippen molar-refractivity contribution in [2.75, 3.05) is 0 Å². The molecule has 0 fully saturated rings. The maximum Gasteiger partial charge on any atom is 0.0559 e. The number of nitrogens with two attached hydrogens (primary N) is 1. The normalized spacial score (nSPS) is 12.7. The lowest BCUT2D eigenvalue weighted by Crippen LogP contribution is -2.10. The standard InChI is InChI=1S/C11H11NS/c12-11(10-6-7-13-8-10)9-4-2-1-3-5-9/h1-8,11H,12H2. The predicted molar refractivity (Wildman–Crippen MR) is 56.8 cm³/mol. The van der Waals surface area contributed by atoms with Gasteiger partial charge in [-0.1, -0.05) is 30.3 Å². The van der Waals surface area contributed by atoms with E-state index in [1.54, 1.807) is 11.3 Å². The van der Waals surface area contributed by atoms with Gasteiger partial charge in [-0.25, -0.2) is 0 Å². The second-order valence-electron chi connectivity index (χ2n) is 2.95. The Hall–Kier alpha value is -1.12. The number of hydrogen-bond acceptors (Lipinski definition) is 2. The van der Waals surface area contributed by atoms with Crippen LogP contribution in [0.25, 0.3) is 0 Å². The van der Waals surface area contributed by atoms with Gasteiger partial charge in [0.15, 0.2) is 0 Å². The van der Waals surface area contributed by atoms with Crippen LogP contribution < -0.4 is 5.73 Å². The number of rotatable bonds is 2. The Kier molecular flexibility index (Phi) is 2.43. The molecule has 1 unspecified atom stereocenters. The molecule has 1 nitrogen and oxygen atoms in total. The lowest BCUT2D eigenvalue weighted by atomic mass is 10.0. The highest BCUT2D eigenvalue weighted by Crippen LogP contribution is 2.20. The summed E-state index contributed by atoms with van der Waals surface area (Å²) >= 11 is 1.68. The molecule has 2 heteroatoms. The topological polar surface area (TPSA) is 26.0 Å². The van der Waals surface area contributed by atoms with Crippen LogP contribution in [-0.2, 0) is 0 Å². The lowest BCUT2D eigenvalue weighted by Gasteiger charge is -2.09. The minimum atomic E-state index is 0.0208. The molecule has 2 N–H and O–H groups in total. The van der Waals surface area contributed by atoms with E-state index < -0.39 is 0 Å². The molecule has 1 aromatic heterocycles. The summed E-state index contributed by atoms with van der Waals surface area (Å²) in [6, 6.07) is 12.2. The highest BCUT2D eigenvalue weighted by atomic mass is 32.1. The van der Waals surface area contributed by atoms with E-state index in [-0.39, 0.29) is 6.04 Å². The van der Waals surface area contributed by atoms with Crippen LogP contribution >= 0.6 is 11.3 Å². The molecule has 1 heterocycles. The van der Waals surface area contributed by atoms with Crippen molar-refractivity contribution in [1.82, 2.24) is 0 Å². The average Bonchev–Trinajstić information content (AvgIpc) is 2.71. The molecule has 1 aromatic carbocycles. The molecule has 0 saturated carbocycles. The Morgan fingerprint density at radius 3 is 2.38 bits per heavy atom. The van der Waals surface area contributed by atoms with Crippen molar-refractivity contribution in [3.05, 3.63) is 58.3 Å². The molecular formula is C11H11NS. The Bertz CT molecular complexity index is 353. The first-order valence-electron chi connectivity index (χ1n) is 4.20. The molecule has 0 radical (unpaired) electrons. The fourth-order valence-corrected chi connectivity index (χ4v) is 2.00. The van der Waals surface area contributed by atoms with Crippen LogP contribution in [0.2, 0.25) is 0 Å². The number of benzene rings is 1. The highest BCUT2D eigenvalue weighted by molar-refractivity contribution is 7.07.